The smallest absolute Gasteiger partial charge is 0.284 e. The fraction of sp³-hybridized carbons (Fsp3) is 0.200. The molecule has 0 unspecified atom stereocenters. The lowest BCUT2D eigenvalue weighted by molar-refractivity contribution is -0.122. The summed E-state index contributed by atoms with van der Waals surface area (Å²) in [6, 6.07) is 14.2. The van der Waals surface area contributed by atoms with Crippen LogP contribution in [0.15, 0.2) is 67.2 Å². The Morgan fingerprint density at radius 1 is 1.07 bits per heavy atom. The van der Waals surface area contributed by atoms with Gasteiger partial charge in [0.1, 0.15) is 0 Å². The molecule has 0 atom stereocenters. The number of amidine groups is 1. The Bertz CT molecular complexity index is 1040. The Kier molecular flexibility index (Phi) is 6.42. The van der Waals surface area contributed by atoms with E-state index in [1.807, 2.05) is 31.2 Å². The molecule has 2 aromatic carbocycles. The van der Waals surface area contributed by atoms with Crippen LogP contribution >= 0.6 is 27.7 Å². The van der Waals surface area contributed by atoms with E-state index in [0.717, 1.165) is 33.8 Å². The van der Waals surface area contributed by atoms with Gasteiger partial charge >= 0.3 is 0 Å². The summed E-state index contributed by atoms with van der Waals surface area (Å²) in [6.45, 7) is 4.13. The van der Waals surface area contributed by atoms with Crippen molar-refractivity contribution in [3.05, 3.63) is 69.0 Å². The lowest BCUT2D eigenvalue weighted by Gasteiger charge is -2.12. The molecule has 0 aliphatic carbocycles. The maximum absolute atomic E-state index is 12.7. The Morgan fingerprint density at radius 3 is 2.29 bits per heavy atom. The Hall–Kier alpha value is -1.90. The second-order valence-electron chi connectivity index (χ2n) is 6.06. The average molecular weight is 479 g/mol. The zero-order valence-electron chi connectivity index (χ0n) is 15.4. The third kappa shape index (κ3) is 4.56. The Balaban J connectivity index is 1.93. The monoisotopic (exact) mass is 478 g/mol. The number of carbonyl (C=O) groups excluding carboxylic acids is 1. The van der Waals surface area contributed by atoms with Gasteiger partial charge in [0.25, 0.3) is 15.9 Å². The zero-order chi connectivity index (χ0) is 20.3. The van der Waals surface area contributed by atoms with Gasteiger partial charge in [-0.3, -0.25) is 9.69 Å². The summed E-state index contributed by atoms with van der Waals surface area (Å²) >= 11 is 4.45. The summed E-state index contributed by atoms with van der Waals surface area (Å²) in [6.07, 6.45) is 2.57. The van der Waals surface area contributed by atoms with Gasteiger partial charge in [-0.25, -0.2) is 0 Å². The lowest BCUT2D eigenvalue weighted by atomic mass is 10.2. The summed E-state index contributed by atoms with van der Waals surface area (Å²) in [7, 11) is -3.90. The summed E-state index contributed by atoms with van der Waals surface area (Å²) in [5.74, 6) is -0.245. The Labute approximate surface area is 177 Å². The lowest BCUT2D eigenvalue weighted by Crippen LogP contribution is -2.29. The van der Waals surface area contributed by atoms with E-state index in [1.165, 1.54) is 4.90 Å². The van der Waals surface area contributed by atoms with Crippen LogP contribution in [0.5, 0.6) is 0 Å². The van der Waals surface area contributed by atoms with Crippen molar-refractivity contribution in [1.82, 2.24) is 4.90 Å². The van der Waals surface area contributed by atoms with E-state index in [-0.39, 0.29) is 16.0 Å². The molecule has 0 bridgehead atoms. The molecule has 1 amide bonds. The molecule has 1 heterocycles. The molecule has 1 aliphatic rings. The SMILES string of the molecule is CCc1ccc(S(=O)(=O)/N=C2\S/C(=C/c3ccc(Br)cc3)C(=O)N2CC)cc1. The van der Waals surface area contributed by atoms with Crippen molar-refractivity contribution in [3.63, 3.8) is 0 Å². The molecule has 1 aliphatic heterocycles. The standard InChI is InChI=1S/C20H19BrN2O3S2/c1-3-14-7-11-17(12-8-14)28(25,26)22-20-23(4-2)19(24)18(27-20)13-15-5-9-16(21)10-6-15/h5-13H,3-4H2,1-2H3/b18-13+,22-20-. The van der Waals surface area contributed by atoms with Crippen LogP contribution in [0.4, 0.5) is 0 Å². The number of carbonyl (C=O) groups is 1. The Morgan fingerprint density at radius 2 is 1.71 bits per heavy atom. The number of aryl methyl sites for hydroxylation is 1. The number of halogens is 1. The van der Waals surface area contributed by atoms with Gasteiger partial charge in [0, 0.05) is 11.0 Å². The van der Waals surface area contributed by atoms with Crippen molar-refractivity contribution in [2.45, 2.75) is 25.2 Å². The van der Waals surface area contributed by atoms with Crippen molar-refractivity contribution < 1.29 is 13.2 Å². The third-order valence-electron chi connectivity index (χ3n) is 4.20. The van der Waals surface area contributed by atoms with Crippen LogP contribution in [-0.4, -0.2) is 30.9 Å². The van der Waals surface area contributed by atoms with Gasteiger partial charge in [-0.05, 0) is 66.6 Å². The first-order valence-corrected chi connectivity index (χ1v) is 11.8. The highest BCUT2D eigenvalue weighted by molar-refractivity contribution is 9.10. The number of hydrogen-bond donors (Lipinski definition) is 0. The van der Waals surface area contributed by atoms with Crippen LogP contribution in [0.3, 0.4) is 0 Å². The van der Waals surface area contributed by atoms with Crippen LogP contribution in [0.25, 0.3) is 6.08 Å². The average Bonchev–Trinajstić information content (AvgIpc) is 2.97. The molecule has 0 radical (unpaired) electrons. The number of rotatable bonds is 5. The van der Waals surface area contributed by atoms with Gasteiger partial charge in [0.15, 0.2) is 5.17 Å². The molecule has 1 fully saturated rings. The van der Waals surface area contributed by atoms with Gasteiger partial charge in [-0.2, -0.15) is 8.42 Å². The molecule has 2 aromatic rings. The molecule has 5 nitrogen and oxygen atoms in total. The molecule has 8 heteroatoms. The minimum atomic E-state index is -3.90. The van der Waals surface area contributed by atoms with Gasteiger partial charge in [-0.15, -0.1) is 4.40 Å². The van der Waals surface area contributed by atoms with Gasteiger partial charge in [0.05, 0.1) is 9.80 Å². The van der Waals surface area contributed by atoms with Gasteiger partial charge in [0.2, 0.25) is 0 Å². The van der Waals surface area contributed by atoms with E-state index in [4.69, 9.17) is 0 Å². The van der Waals surface area contributed by atoms with Crippen LogP contribution in [0.1, 0.15) is 25.0 Å². The van der Waals surface area contributed by atoms with Crippen LogP contribution in [0.2, 0.25) is 0 Å². The fourth-order valence-corrected chi connectivity index (χ4v) is 5.13. The quantitative estimate of drug-likeness (QED) is 0.584. The van der Waals surface area contributed by atoms with E-state index in [2.05, 4.69) is 20.3 Å². The molecule has 0 aromatic heterocycles. The highest BCUT2D eigenvalue weighted by Crippen LogP contribution is 2.33. The predicted molar refractivity (Wildman–Crippen MR) is 118 cm³/mol. The van der Waals surface area contributed by atoms with E-state index in [9.17, 15) is 13.2 Å². The fourth-order valence-electron chi connectivity index (χ4n) is 2.62. The van der Waals surface area contributed by atoms with Crippen molar-refractivity contribution in [2.24, 2.45) is 4.40 Å². The maximum Gasteiger partial charge on any atom is 0.284 e. The van der Waals surface area contributed by atoms with Gasteiger partial charge in [-0.1, -0.05) is 47.1 Å². The highest BCUT2D eigenvalue weighted by Gasteiger charge is 2.34. The minimum absolute atomic E-state index is 0.117. The van der Waals surface area contributed by atoms with E-state index >= 15 is 0 Å². The van der Waals surface area contributed by atoms with Crippen molar-refractivity contribution >= 4 is 54.9 Å². The summed E-state index contributed by atoms with van der Waals surface area (Å²) in [5.41, 5.74) is 1.90. The molecule has 1 saturated heterocycles. The molecular formula is C20H19BrN2O3S2. The first-order valence-electron chi connectivity index (χ1n) is 8.75. The number of nitrogens with zero attached hydrogens (tertiary/aromatic N) is 2. The van der Waals surface area contributed by atoms with E-state index in [0.29, 0.717) is 11.4 Å². The van der Waals surface area contributed by atoms with Crippen LogP contribution < -0.4 is 0 Å². The topological polar surface area (TPSA) is 66.8 Å². The largest absolute Gasteiger partial charge is 0.286 e. The number of likely N-dealkylation sites (N-methyl/N-ethyl adjacent to an activating group) is 1. The van der Waals surface area contributed by atoms with E-state index in [1.54, 1.807) is 37.3 Å². The van der Waals surface area contributed by atoms with Crippen LogP contribution in [-0.2, 0) is 21.2 Å². The first kappa shape index (κ1) is 20.8. The predicted octanol–water partition coefficient (Wildman–Crippen LogP) is 4.69. The summed E-state index contributed by atoms with van der Waals surface area (Å²) < 4.78 is 30.3. The molecule has 28 heavy (non-hydrogen) atoms. The highest BCUT2D eigenvalue weighted by atomic mass is 79.9. The minimum Gasteiger partial charge on any atom is -0.286 e. The first-order chi connectivity index (χ1) is 13.3. The summed E-state index contributed by atoms with van der Waals surface area (Å²) in [4.78, 5) is 14.6. The second-order valence-corrected chi connectivity index (χ2v) is 9.59. The maximum atomic E-state index is 12.7. The van der Waals surface area contributed by atoms with Crippen molar-refractivity contribution in [1.29, 1.82) is 0 Å². The zero-order valence-corrected chi connectivity index (χ0v) is 18.6. The van der Waals surface area contributed by atoms with Crippen molar-refractivity contribution in [2.75, 3.05) is 6.54 Å². The number of benzene rings is 2. The van der Waals surface area contributed by atoms with Gasteiger partial charge < -0.3 is 0 Å². The van der Waals surface area contributed by atoms with Crippen molar-refractivity contribution in [3.8, 4) is 0 Å². The number of hydrogen-bond acceptors (Lipinski definition) is 4. The van der Waals surface area contributed by atoms with Crippen LogP contribution in [0, 0.1) is 0 Å². The molecular weight excluding hydrogens is 460 g/mol. The molecule has 146 valence electrons. The molecule has 3 rings (SSSR count). The molecule has 0 N–H and O–H groups in total. The number of sulfonamides is 1. The molecule has 0 saturated carbocycles. The summed E-state index contributed by atoms with van der Waals surface area (Å²) in [5, 5.41) is 0.176. The second kappa shape index (κ2) is 8.63. The van der Waals surface area contributed by atoms with E-state index < -0.39 is 10.0 Å². The number of thioether (sulfide) groups is 1. The number of amides is 1. The normalized spacial score (nSPS) is 17.7. The third-order valence-corrected chi connectivity index (χ3v) is 7.13. The molecule has 0 spiro atoms.